The molecule has 1 saturated carbocycles. The van der Waals surface area contributed by atoms with E-state index in [0.29, 0.717) is 30.6 Å². The van der Waals surface area contributed by atoms with Crippen molar-refractivity contribution in [3.63, 3.8) is 0 Å². The molecule has 8 heteroatoms. The minimum absolute atomic E-state index is 0.129. The van der Waals surface area contributed by atoms with Crippen LogP contribution >= 0.6 is 7.37 Å². The van der Waals surface area contributed by atoms with Crippen LogP contribution in [0.1, 0.15) is 44.6 Å². The number of para-hydroxylation sites is 1. The molecule has 216 valence electrons. The average molecular weight is 568 g/mol. The molecule has 7 nitrogen and oxygen atoms in total. The van der Waals surface area contributed by atoms with E-state index in [1.807, 2.05) is 72.8 Å². The summed E-state index contributed by atoms with van der Waals surface area (Å²) in [6, 6.07) is 26.9. The fourth-order valence-corrected chi connectivity index (χ4v) is 6.77. The van der Waals surface area contributed by atoms with Crippen LogP contribution in [0.15, 0.2) is 84.9 Å². The van der Waals surface area contributed by atoms with Crippen LogP contribution in [0.2, 0.25) is 0 Å². The highest BCUT2D eigenvalue weighted by atomic mass is 31.2. The Morgan fingerprint density at radius 1 is 0.825 bits per heavy atom. The van der Waals surface area contributed by atoms with E-state index in [4.69, 9.17) is 14.2 Å². The Labute approximate surface area is 238 Å². The molecule has 0 amide bonds. The first kappa shape index (κ1) is 30.1. The third-order valence-corrected chi connectivity index (χ3v) is 9.61. The molecule has 0 radical (unpaired) electrons. The molecule has 3 aromatic rings. The zero-order chi connectivity index (χ0) is 28.2. The third-order valence-electron chi connectivity index (χ3n) is 7.45. The molecule has 3 N–H and O–H groups in total. The molecular weight excluding hydrogens is 525 g/mol. The van der Waals surface area contributed by atoms with Gasteiger partial charge in [-0.3, -0.25) is 4.57 Å². The van der Waals surface area contributed by atoms with E-state index in [9.17, 15) is 14.6 Å². The second kappa shape index (κ2) is 15.2. The second-order valence-corrected chi connectivity index (χ2v) is 13.3. The van der Waals surface area contributed by atoms with Crippen LogP contribution in [0.5, 0.6) is 17.2 Å². The number of rotatable bonds is 15. The van der Waals surface area contributed by atoms with E-state index >= 15 is 0 Å². The number of nitrogens with one attached hydrogen (secondary N) is 1. The van der Waals surface area contributed by atoms with Crippen molar-refractivity contribution in [3.8, 4) is 17.2 Å². The van der Waals surface area contributed by atoms with Gasteiger partial charge in [-0.1, -0.05) is 48.5 Å². The molecule has 0 spiro atoms. The van der Waals surface area contributed by atoms with Gasteiger partial charge in [0.2, 0.25) is 7.37 Å². The topological polar surface area (TPSA) is 97.3 Å². The van der Waals surface area contributed by atoms with E-state index in [-0.39, 0.29) is 24.7 Å². The fourth-order valence-electron chi connectivity index (χ4n) is 5.12. The molecule has 0 saturated heterocycles. The van der Waals surface area contributed by atoms with Crippen LogP contribution in [-0.4, -0.2) is 47.3 Å². The highest BCUT2D eigenvalue weighted by Gasteiger charge is 2.35. The number of hydrogen-bond acceptors (Lipinski definition) is 6. The van der Waals surface area contributed by atoms with Crippen molar-refractivity contribution >= 4 is 7.37 Å². The van der Waals surface area contributed by atoms with Gasteiger partial charge in [0.1, 0.15) is 36.6 Å². The Balaban J connectivity index is 1.08. The largest absolute Gasteiger partial charge is 0.491 e. The predicted molar refractivity (Wildman–Crippen MR) is 158 cm³/mol. The van der Waals surface area contributed by atoms with Crippen molar-refractivity contribution in [1.29, 1.82) is 0 Å². The Morgan fingerprint density at radius 2 is 1.40 bits per heavy atom. The number of aliphatic hydroxyl groups is 1. The summed E-state index contributed by atoms with van der Waals surface area (Å²) in [6.07, 6.45) is 3.58. The molecule has 1 aliphatic carbocycles. The van der Waals surface area contributed by atoms with Gasteiger partial charge >= 0.3 is 0 Å². The fraction of sp³-hybridized carbons (Fsp3) is 0.438. The van der Waals surface area contributed by atoms with Gasteiger partial charge in [-0.15, -0.1) is 0 Å². The Bertz CT molecular complexity index is 1170. The lowest BCUT2D eigenvalue weighted by Gasteiger charge is -2.32. The van der Waals surface area contributed by atoms with Gasteiger partial charge in [-0.2, -0.15) is 0 Å². The highest BCUT2D eigenvalue weighted by Crippen LogP contribution is 2.53. The van der Waals surface area contributed by atoms with Crippen molar-refractivity contribution in [1.82, 2.24) is 5.32 Å². The van der Waals surface area contributed by atoms with E-state index in [1.165, 1.54) is 0 Å². The second-order valence-electron chi connectivity index (χ2n) is 10.8. The molecular formula is C32H42NO6P. The van der Waals surface area contributed by atoms with Crippen LogP contribution in [-0.2, 0) is 11.2 Å². The molecule has 0 heterocycles. The molecule has 3 aromatic carbocycles. The van der Waals surface area contributed by atoms with Gasteiger partial charge in [0, 0.05) is 18.2 Å². The minimum Gasteiger partial charge on any atom is -0.491 e. The maximum absolute atomic E-state index is 12.9. The van der Waals surface area contributed by atoms with Gasteiger partial charge in [-0.25, -0.2) is 0 Å². The lowest BCUT2D eigenvalue weighted by Crippen LogP contribution is -2.38. The summed E-state index contributed by atoms with van der Waals surface area (Å²) >= 11 is 0. The maximum atomic E-state index is 12.9. The van der Waals surface area contributed by atoms with E-state index in [0.717, 1.165) is 43.4 Å². The molecule has 3 atom stereocenters. The molecule has 0 aliphatic heterocycles. The summed E-state index contributed by atoms with van der Waals surface area (Å²) in [5, 5.41) is 13.8. The lowest BCUT2D eigenvalue weighted by atomic mass is 9.85. The summed E-state index contributed by atoms with van der Waals surface area (Å²) in [5.41, 5.74) is 0.917. The number of ether oxygens (including phenoxy) is 3. The SMILES string of the molecule is C[C@@H](CC1CCC(P(=O)(O)COc2ccccc2)CC1)NC[C@@H](O)COc1ccc(OCc2ccccc2)cc1. The Morgan fingerprint density at radius 3 is 2.05 bits per heavy atom. The molecule has 0 bridgehead atoms. The van der Waals surface area contributed by atoms with Gasteiger partial charge < -0.3 is 29.5 Å². The molecule has 1 fully saturated rings. The summed E-state index contributed by atoms with van der Waals surface area (Å²) in [5.74, 6) is 2.58. The van der Waals surface area contributed by atoms with Gasteiger partial charge in [0.15, 0.2) is 6.35 Å². The minimum atomic E-state index is -3.36. The average Bonchev–Trinajstić information content (AvgIpc) is 2.99. The lowest BCUT2D eigenvalue weighted by molar-refractivity contribution is 0.102. The van der Waals surface area contributed by atoms with Crippen molar-refractivity contribution < 1.29 is 28.8 Å². The standard InChI is InChI=1S/C32H42NO6P/c1-25(20-26-12-18-32(19-13-26)40(35,36)24-39-29-10-6-3-7-11-29)33-21-28(34)23-38-31-16-14-30(15-17-31)37-22-27-8-4-2-5-9-27/h2-11,14-17,25-26,28,32-34H,12-13,18-24H2,1H3,(H,35,36)/t25-,26?,28+,32?/m0/s1. The van der Waals surface area contributed by atoms with Crippen LogP contribution in [0.3, 0.4) is 0 Å². The first-order valence-corrected chi connectivity index (χ1v) is 16.1. The Hall–Kier alpha value is -2.83. The number of aliphatic hydroxyl groups excluding tert-OH is 1. The molecule has 1 unspecified atom stereocenters. The van der Waals surface area contributed by atoms with E-state index in [1.54, 1.807) is 12.1 Å². The normalized spacial score (nSPS) is 20.2. The van der Waals surface area contributed by atoms with Gasteiger partial charge in [0.25, 0.3) is 0 Å². The quantitative estimate of drug-likeness (QED) is 0.187. The summed E-state index contributed by atoms with van der Waals surface area (Å²) in [6.45, 7) is 3.28. The molecule has 0 aromatic heterocycles. The first-order chi connectivity index (χ1) is 19.4. The first-order valence-electron chi connectivity index (χ1n) is 14.2. The monoisotopic (exact) mass is 567 g/mol. The van der Waals surface area contributed by atoms with Gasteiger partial charge in [0.05, 0.1) is 0 Å². The number of hydrogen-bond donors (Lipinski definition) is 3. The van der Waals surface area contributed by atoms with Crippen molar-refractivity contribution in [2.75, 3.05) is 19.5 Å². The van der Waals surface area contributed by atoms with Gasteiger partial charge in [-0.05, 0) is 86.9 Å². The van der Waals surface area contributed by atoms with Crippen molar-refractivity contribution in [2.45, 2.75) is 63.4 Å². The highest BCUT2D eigenvalue weighted by molar-refractivity contribution is 7.58. The van der Waals surface area contributed by atoms with E-state index < -0.39 is 13.5 Å². The van der Waals surface area contributed by atoms with Crippen LogP contribution in [0.25, 0.3) is 0 Å². The van der Waals surface area contributed by atoms with Crippen molar-refractivity contribution in [2.24, 2.45) is 5.92 Å². The van der Waals surface area contributed by atoms with E-state index in [2.05, 4.69) is 12.2 Å². The summed E-state index contributed by atoms with van der Waals surface area (Å²) in [7, 11) is -3.36. The molecule has 40 heavy (non-hydrogen) atoms. The summed E-state index contributed by atoms with van der Waals surface area (Å²) < 4.78 is 30.0. The Kier molecular flexibility index (Phi) is 11.5. The number of benzene rings is 3. The molecule has 1 aliphatic rings. The molecule has 4 rings (SSSR count). The predicted octanol–water partition coefficient (Wildman–Crippen LogP) is 6.24. The maximum Gasteiger partial charge on any atom is 0.239 e. The smallest absolute Gasteiger partial charge is 0.239 e. The third kappa shape index (κ3) is 9.97. The van der Waals surface area contributed by atoms with Crippen LogP contribution in [0.4, 0.5) is 0 Å². The summed E-state index contributed by atoms with van der Waals surface area (Å²) in [4.78, 5) is 10.6. The van der Waals surface area contributed by atoms with Crippen molar-refractivity contribution in [3.05, 3.63) is 90.5 Å². The zero-order valence-electron chi connectivity index (χ0n) is 23.2. The zero-order valence-corrected chi connectivity index (χ0v) is 24.1. The van der Waals surface area contributed by atoms with Crippen LogP contribution < -0.4 is 19.5 Å². The van der Waals surface area contributed by atoms with Crippen LogP contribution in [0, 0.1) is 5.92 Å².